The summed E-state index contributed by atoms with van der Waals surface area (Å²) >= 11 is 0. The summed E-state index contributed by atoms with van der Waals surface area (Å²) in [5.41, 5.74) is -0.507. The minimum absolute atomic E-state index is 0.215. The second-order valence-electron chi connectivity index (χ2n) is 8.30. The van der Waals surface area contributed by atoms with Crippen molar-refractivity contribution in [3.8, 4) is 5.75 Å². The standard InChI is InChI=1S/C24H36N2O6/c1-24(2,3)32-23(28)26-12-14-30-16-15-29-13-11-25-17-20(27)18-31-22-10-6-8-19-7-4-5-9-21(19)22/h4-10,20,25,27H,11-18H2,1-3H3,(H,26,28)/t20-/m0/s1. The van der Waals surface area contributed by atoms with Gasteiger partial charge in [-0.2, -0.15) is 0 Å². The zero-order chi connectivity index (χ0) is 23.2. The lowest BCUT2D eigenvalue weighted by atomic mass is 10.1. The molecule has 0 aliphatic heterocycles. The molecule has 0 bridgehead atoms. The van der Waals surface area contributed by atoms with E-state index in [1.54, 1.807) is 0 Å². The van der Waals surface area contributed by atoms with Crippen molar-refractivity contribution in [1.29, 1.82) is 0 Å². The Balaban J connectivity index is 1.43. The van der Waals surface area contributed by atoms with Gasteiger partial charge in [0.2, 0.25) is 0 Å². The van der Waals surface area contributed by atoms with Crippen molar-refractivity contribution in [2.45, 2.75) is 32.5 Å². The number of aliphatic hydroxyl groups is 1. The van der Waals surface area contributed by atoms with Crippen molar-refractivity contribution in [2.75, 3.05) is 52.7 Å². The Morgan fingerprint density at radius 2 is 1.66 bits per heavy atom. The van der Waals surface area contributed by atoms with Gasteiger partial charge in [-0.05, 0) is 32.2 Å². The van der Waals surface area contributed by atoms with E-state index in [9.17, 15) is 9.90 Å². The van der Waals surface area contributed by atoms with Crippen LogP contribution >= 0.6 is 0 Å². The van der Waals surface area contributed by atoms with Gasteiger partial charge >= 0.3 is 6.09 Å². The summed E-state index contributed by atoms with van der Waals surface area (Å²) in [4.78, 5) is 11.5. The first-order chi connectivity index (χ1) is 15.3. The summed E-state index contributed by atoms with van der Waals surface area (Å²) in [6.07, 6.45) is -1.07. The predicted octanol–water partition coefficient (Wildman–Crippen LogP) is 2.73. The number of hydrogen-bond donors (Lipinski definition) is 3. The van der Waals surface area contributed by atoms with E-state index < -0.39 is 17.8 Å². The van der Waals surface area contributed by atoms with Crippen LogP contribution in [0.3, 0.4) is 0 Å². The number of fused-ring (bicyclic) bond motifs is 1. The molecule has 2 aromatic carbocycles. The van der Waals surface area contributed by atoms with Crippen molar-refractivity contribution in [2.24, 2.45) is 0 Å². The average Bonchev–Trinajstić information content (AvgIpc) is 2.74. The molecule has 0 unspecified atom stereocenters. The maximum Gasteiger partial charge on any atom is 0.407 e. The molecule has 0 aromatic heterocycles. The summed E-state index contributed by atoms with van der Waals surface area (Å²) < 4.78 is 21.8. The number of nitrogens with one attached hydrogen (secondary N) is 2. The number of carbonyl (C=O) groups excluding carboxylic acids is 1. The molecule has 0 saturated heterocycles. The molecule has 0 radical (unpaired) electrons. The van der Waals surface area contributed by atoms with Gasteiger partial charge in [-0.3, -0.25) is 0 Å². The lowest BCUT2D eigenvalue weighted by molar-refractivity contribution is 0.0396. The van der Waals surface area contributed by atoms with E-state index in [-0.39, 0.29) is 6.61 Å². The smallest absolute Gasteiger partial charge is 0.407 e. The number of ether oxygens (including phenoxy) is 4. The molecule has 1 atom stereocenters. The lowest BCUT2D eigenvalue weighted by Gasteiger charge is -2.19. The number of amides is 1. The molecule has 0 heterocycles. The first-order valence-corrected chi connectivity index (χ1v) is 11.0. The molecule has 0 aliphatic rings. The van der Waals surface area contributed by atoms with Crippen molar-refractivity contribution < 1.29 is 28.8 Å². The molecule has 0 spiro atoms. The van der Waals surface area contributed by atoms with Crippen molar-refractivity contribution >= 4 is 16.9 Å². The fraction of sp³-hybridized carbons (Fsp3) is 0.542. The Kier molecular flexibility index (Phi) is 11.2. The monoisotopic (exact) mass is 448 g/mol. The summed E-state index contributed by atoms with van der Waals surface area (Å²) in [5, 5.41) is 18.0. The van der Waals surface area contributed by atoms with E-state index in [4.69, 9.17) is 18.9 Å². The molecule has 3 N–H and O–H groups in total. The Hall–Kier alpha value is -2.39. The maximum atomic E-state index is 11.5. The predicted molar refractivity (Wildman–Crippen MR) is 124 cm³/mol. The van der Waals surface area contributed by atoms with Crippen LogP contribution in [0.25, 0.3) is 10.8 Å². The summed E-state index contributed by atoms with van der Waals surface area (Å²) in [7, 11) is 0. The molecule has 0 aliphatic carbocycles. The van der Waals surface area contributed by atoms with Crippen molar-refractivity contribution in [1.82, 2.24) is 10.6 Å². The van der Waals surface area contributed by atoms with Crippen LogP contribution in [0.5, 0.6) is 5.75 Å². The fourth-order valence-electron chi connectivity index (χ4n) is 2.84. The third-order valence-corrected chi connectivity index (χ3v) is 4.27. The number of benzene rings is 2. The van der Waals surface area contributed by atoms with Crippen LogP contribution < -0.4 is 15.4 Å². The zero-order valence-electron chi connectivity index (χ0n) is 19.3. The summed E-state index contributed by atoms with van der Waals surface area (Å²) in [6.45, 7) is 8.88. The molecule has 32 heavy (non-hydrogen) atoms. The van der Waals surface area contributed by atoms with Crippen LogP contribution in [0, 0.1) is 0 Å². The van der Waals surface area contributed by atoms with Gasteiger partial charge in [-0.25, -0.2) is 4.79 Å². The molecule has 178 valence electrons. The van der Waals surface area contributed by atoms with E-state index >= 15 is 0 Å². The van der Waals surface area contributed by atoms with E-state index in [0.717, 1.165) is 16.5 Å². The largest absolute Gasteiger partial charge is 0.490 e. The lowest BCUT2D eigenvalue weighted by Crippen LogP contribution is -2.34. The molecular weight excluding hydrogens is 412 g/mol. The first-order valence-electron chi connectivity index (χ1n) is 11.0. The van der Waals surface area contributed by atoms with Crippen LogP contribution in [0.4, 0.5) is 4.79 Å². The molecular formula is C24H36N2O6. The normalized spacial score (nSPS) is 12.5. The number of hydrogen-bond acceptors (Lipinski definition) is 7. The second kappa shape index (κ2) is 13.9. The highest BCUT2D eigenvalue weighted by Crippen LogP contribution is 2.25. The molecule has 2 aromatic rings. The van der Waals surface area contributed by atoms with Crippen molar-refractivity contribution in [3.05, 3.63) is 42.5 Å². The minimum atomic E-state index is -0.616. The van der Waals surface area contributed by atoms with Gasteiger partial charge in [0, 0.05) is 25.0 Å². The Morgan fingerprint density at radius 1 is 0.969 bits per heavy atom. The number of rotatable bonds is 14. The van der Waals surface area contributed by atoms with Gasteiger partial charge in [0.05, 0.1) is 26.4 Å². The van der Waals surface area contributed by atoms with Gasteiger partial charge < -0.3 is 34.7 Å². The van der Waals surface area contributed by atoms with E-state index in [0.29, 0.717) is 46.1 Å². The summed E-state index contributed by atoms with van der Waals surface area (Å²) in [5.74, 6) is 0.770. The van der Waals surface area contributed by atoms with E-state index in [2.05, 4.69) is 10.6 Å². The molecule has 0 fully saturated rings. The van der Waals surface area contributed by atoms with Gasteiger partial charge in [-0.15, -0.1) is 0 Å². The van der Waals surface area contributed by atoms with E-state index in [1.165, 1.54) is 0 Å². The van der Waals surface area contributed by atoms with Crippen LogP contribution in [-0.2, 0) is 14.2 Å². The minimum Gasteiger partial charge on any atom is -0.490 e. The average molecular weight is 449 g/mol. The van der Waals surface area contributed by atoms with Crippen LogP contribution in [0.1, 0.15) is 20.8 Å². The molecule has 8 heteroatoms. The van der Waals surface area contributed by atoms with Crippen molar-refractivity contribution in [3.63, 3.8) is 0 Å². The third kappa shape index (κ3) is 10.8. The molecule has 1 amide bonds. The Bertz CT molecular complexity index is 803. The highest BCUT2D eigenvalue weighted by Gasteiger charge is 2.15. The number of carbonyl (C=O) groups is 1. The molecule has 0 saturated carbocycles. The van der Waals surface area contributed by atoms with Gasteiger partial charge in [0.25, 0.3) is 0 Å². The van der Waals surface area contributed by atoms with Crippen LogP contribution in [0.15, 0.2) is 42.5 Å². The fourth-order valence-corrected chi connectivity index (χ4v) is 2.84. The van der Waals surface area contributed by atoms with Gasteiger partial charge in [0.15, 0.2) is 0 Å². The van der Waals surface area contributed by atoms with Gasteiger partial charge in [-0.1, -0.05) is 36.4 Å². The molecule has 2 rings (SSSR count). The van der Waals surface area contributed by atoms with Gasteiger partial charge in [0.1, 0.15) is 24.1 Å². The Morgan fingerprint density at radius 3 is 2.41 bits per heavy atom. The van der Waals surface area contributed by atoms with Crippen LogP contribution in [-0.4, -0.2) is 75.6 Å². The first kappa shape index (κ1) is 25.9. The Labute approximate surface area is 190 Å². The zero-order valence-corrected chi connectivity index (χ0v) is 19.3. The summed E-state index contributed by atoms with van der Waals surface area (Å²) in [6, 6.07) is 13.9. The third-order valence-electron chi connectivity index (χ3n) is 4.27. The van der Waals surface area contributed by atoms with E-state index in [1.807, 2.05) is 63.2 Å². The number of aliphatic hydroxyl groups excluding tert-OH is 1. The topological polar surface area (TPSA) is 98.3 Å². The van der Waals surface area contributed by atoms with Crippen LogP contribution in [0.2, 0.25) is 0 Å². The molecule has 8 nitrogen and oxygen atoms in total. The number of alkyl carbamates (subject to hydrolysis) is 1. The highest BCUT2D eigenvalue weighted by molar-refractivity contribution is 5.88. The maximum absolute atomic E-state index is 11.5. The SMILES string of the molecule is CC(C)(C)OC(=O)NCCOCCOCCNC[C@H](O)COc1cccc2ccccc12. The second-order valence-corrected chi connectivity index (χ2v) is 8.30. The quantitative estimate of drug-likeness (QED) is 0.382. The highest BCUT2D eigenvalue weighted by atomic mass is 16.6.